The first-order valence-electron chi connectivity index (χ1n) is 29.2. The lowest BCUT2D eigenvalue weighted by Crippen LogP contribution is -2.75. The summed E-state index contributed by atoms with van der Waals surface area (Å²) in [5.41, 5.74) is 10.7. The summed E-state index contributed by atoms with van der Waals surface area (Å²) in [6.07, 6.45) is 1.90. The van der Waals surface area contributed by atoms with Crippen molar-refractivity contribution >= 4 is 68.8 Å². The summed E-state index contributed by atoms with van der Waals surface area (Å²) in [6.45, 7) is 11.1. The number of nitrogens with zero attached hydrogens (tertiary/aromatic N) is 4. The third-order valence-electron chi connectivity index (χ3n) is 14.4. The van der Waals surface area contributed by atoms with Crippen LogP contribution in [-0.4, -0.2) is 19.7 Å². The Labute approximate surface area is 438 Å². The molecule has 13 rings (SSSR count). The Morgan fingerprint density at radius 2 is 1.08 bits per heavy atom. The lowest BCUT2D eigenvalue weighted by atomic mass is 9.88. The summed E-state index contributed by atoms with van der Waals surface area (Å²) in [7, 11) is -3.01. The second-order valence-corrected chi connectivity index (χ2v) is 23.5. The number of fused-ring (bicyclic) bond motifs is 10. The molecule has 0 saturated heterocycles. The number of aryl methyl sites for hydroxylation is 2. The summed E-state index contributed by atoms with van der Waals surface area (Å²) in [6, 6.07) is 48.8. The zero-order chi connectivity index (χ0) is 57.4. The molecule has 0 radical (unpaired) electrons. The van der Waals surface area contributed by atoms with Crippen LogP contribution in [-0.2, 0) is 5.41 Å². The molecule has 3 aliphatic heterocycles. The van der Waals surface area contributed by atoms with Gasteiger partial charge < -0.3 is 14.5 Å². The molecule has 4 heterocycles. The number of hydrogen-bond donors (Lipinski definition) is 0. The van der Waals surface area contributed by atoms with Crippen LogP contribution in [0.15, 0.2) is 224 Å². The summed E-state index contributed by atoms with van der Waals surface area (Å²) >= 11 is 0. The van der Waals surface area contributed by atoms with E-state index in [4.69, 9.17) is 23.4 Å². The average molecular weight is 957 g/mol. The zero-order valence-corrected chi connectivity index (χ0v) is 41.5. The van der Waals surface area contributed by atoms with Crippen LogP contribution in [0.25, 0.3) is 33.4 Å². The molecule has 0 bridgehead atoms. The smallest absolute Gasteiger partial charge is 0.185 e. The predicted molar refractivity (Wildman–Crippen MR) is 303 cm³/mol. The maximum atomic E-state index is 9.14. The molecule has 0 aliphatic carbocycles. The Hall–Kier alpha value is -8.45. The van der Waals surface area contributed by atoms with Crippen LogP contribution in [0.1, 0.15) is 51.2 Å². The Morgan fingerprint density at radius 1 is 0.500 bits per heavy atom. The van der Waals surface area contributed by atoms with E-state index in [2.05, 4.69) is 135 Å². The minimum Gasteiger partial charge on any atom is -0.457 e. The van der Waals surface area contributed by atoms with Gasteiger partial charge in [-0.1, -0.05) is 189 Å². The Morgan fingerprint density at radius 3 is 1.74 bits per heavy atom. The molecule has 0 N–H and O–H groups in total. The quantitative estimate of drug-likeness (QED) is 0.149. The number of ether oxygens (including phenoxy) is 1. The topological polar surface area (TPSA) is 31.8 Å². The minimum absolute atomic E-state index is 0.0912. The first kappa shape index (κ1) is 34.0. The Bertz CT molecular complexity index is 4180. The fourth-order valence-corrected chi connectivity index (χ4v) is 16.9. The van der Waals surface area contributed by atoms with E-state index in [1.165, 1.54) is 43.0 Å². The van der Waals surface area contributed by atoms with Crippen molar-refractivity contribution in [3.63, 3.8) is 0 Å². The molecule has 1 aromatic heterocycles. The van der Waals surface area contributed by atoms with Crippen LogP contribution in [0.5, 0.6) is 11.5 Å². The average Bonchev–Trinajstić information content (AvgIpc) is 1.88. The second-order valence-electron chi connectivity index (χ2n) is 19.8. The van der Waals surface area contributed by atoms with E-state index in [0.29, 0.717) is 22.9 Å². The van der Waals surface area contributed by atoms with Gasteiger partial charge in [-0.15, -0.1) is 0 Å². The highest BCUT2D eigenvalue weighted by Crippen LogP contribution is 2.51. The molecule has 1 spiro atoms. The van der Waals surface area contributed by atoms with Crippen LogP contribution >= 0.6 is 0 Å². The number of aromatic nitrogens is 1. The monoisotopic (exact) mass is 956 g/mol. The van der Waals surface area contributed by atoms with Crippen molar-refractivity contribution in [3.05, 3.63) is 241 Å². The van der Waals surface area contributed by atoms with E-state index in [0.717, 1.165) is 34.1 Å². The fraction of sp³-hybridized carbons (Fsp3) is 0.106. The van der Waals surface area contributed by atoms with Crippen molar-refractivity contribution in [3.8, 4) is 44.9 Å². The zero-order valence-electron chi connectivity index (χ0n) is 50.5. The number of rotatable bonds is 7. The van der Waals surface area contributed by atoms with Gasteiger partial charge in [0.1, 0.15) is 24.0 Å². The van der Waals surface area contributed by atoms with Crippen LogP contribution in [0.2, 0.25) is 0 Å². The molecule has 0 fully saturated rings. The Balaban J connectivity index is 0.958. The number of anilines is 7. The maximum Gasteiger partial charge on any atom is 0.185 e. The van der Waals surface area contributed by atoms with Crippen molar-refractivity contribution in [2.75, 3.05) is 21.4 Å². The molecule has 0 saturated carbocycles. The van der Waals surface area contributed by atoms with Crippen LogP contribution < -0.4 is 40.2 Å². The van der Waals surface area contributed by atoms with Gasteiger partial charge in [0, 0.05) is 40.8 Å². The van der Waals surface area contributed by atoms with Gasteiger partial charge >= 0.3 is 0 Å². The highest BCUT2D eigenvalue weighted by atomic mass is 28.3. The third-order valence-corrected chi connectivity index (χ3v) is 19.3. The van der Waals surface area contributed by atoms with E-state index < -0.39 is 68.5 Å². The van der Waals surface area contributed by atoms with Gasteiger partial charge in [-0.3, -0.25) is 4.90 Å². The molecular formula is C66H54N4OSi. The van der Waals surface area contributed by atoms with Crippen molar-refractivity contribution in [1.29, 1.82) is 0 Å². The maximum absolute atomic E-state index is 9.14. The summed E-state index contributed by atoms with van der Waals surface area (Å²) < 4.78 is 95.1. The van der Waals surface area contributed by atoms with E-state index >= 15 is 0 Å². The normalized spacial score (nSPS) is 15.8. The highest BCUT2D eigenvalue weighted by molar-refractivity contribution is 7.23. The van der Waals surface area contributed by atoms with Crippen molar-refractivity contribution in [2.45, 2.75) is 40.0 Å². The number of hydrogen-bond acceptors (Lipinski definition) is 5. The molecular weight excluding hydrogens is 893 g/mol. The fourth-order valence-electron chi connectivity index (χ4n) is 11.2. The summed E-state index contributed by atoms with van der Waals surface area (Å²) in [4.78, 5) is 11.4. The highest BCUT2D eigenvalue weighted by Gasteiger charge is 2.54. The second kappa shape index (κ2) is 16.9. The van der Waals surface area contributed by atoms with Crippen LogP contribution in [0.4, 0.5) is 39.9 Å². The third kappa shape index (κ3) is 6.92. The number of pyridine rings is 1. The van der Waals surface area contributed by atoms with Gasteiger partial charge in [-0.25, -0.2) is 4.98 Å². The van der Waals surface area contributed by atoms with E-state index in [1.807, 2.05) is 59.6 Å². The van der Waals surface area contributed by atoms with Gasteiger partial charge in [0.2, 0.25) is 0 Å². The molecule has 348 valence electrons. The molecule has 0 unspecified atom stereocenters. The molecule has 0 amide bonds. The van der Waals surface area contributed by atoms with Crippen molar-refractivity contribution in [2.24, 2.45) is 0 Å². The SMILES string of the molecule is [2H]c1c([2H])c([2H])c(-c2cccc(-c3c([2H])c([2H])c([2H])c([2H])c3[2H])c2N2CN(c3cccc(Oc4ccc5c(c4)N(c4cc(C(C)(C)C)ccn4)c4ccccc4[Si]54c5cc(C)ccc5-c5ccc(C)cc54)c3)c3ccccc32)c([2H])c1[2H]. The molecule has 10 aromatic rings. The van der Waals surface area contributed by atoms with Crippen molar-refractivity contribution < 1.29 is 18.4 Å². The van der Waals surface area contributed by atoms with Crippen molar-refractivity contribution in [1.82, 2.24) is 4.98 Å². The van der Waals surface area contributed by atoms with Gasteiger partial charge in [0.15, 0.2) is 8.07 Å². The van der Waals surface area contributed by atoms with Gasteiger partial charge in [0.05, 0.1) is 36.5 Å². The van der Waals surface area contributed by atoms with E-state index in [-0.39, 0.29) is 34.3 Å². The Kier molecular flexibility index (Phi) is 7.95. The first-order valence-corrected chi connectivity index (χ1v) is 26.2. The lowest BCUT2D eigenvalue weighted by molar-refractivity contribution is 0.483. The minimum atomic E-state index is -3.01. The molecule has 0 atom stereocenters. The number of benzene rings is 9. The first-order chi connectivity index (χ1) is 39.3. The predicted octanol–water partition coefficient (Wildman–Crippen LogP) is 14.5. The van der Waals surface area contributed by atoms with Gasteiger partial charge in [0.25, 0.3) is 0 Å². The molecule has 72 heavy (non-hydrogen) atoms. The lowest BCUT2D eigenvalue weighted by Gasteiger charge is -2.43. The largest absolute Gasteiger partial charge is 0.457 e. The number of para-hydroxylation sites is 4. The summed E-state index contributed by atoms with van der Waals surface area (Å²) in [5, 5.41) is 5.23. The van der Waals surface area contributed by atoms with Crippen LogP contribution in [0.3, 0.4) is 0 Å². The standard InChI is InChI=1S/C66H54N4OSi/c1-44-30-33-54-55-34-31-45(2)39-63(55)72(62(54)38-44)60-29-15-14-28-58(60)70(64-40-48(36-37-67-64)66(3,4)5)59-42-51(32-35-61(59)72)71-50-23-16-22-49(41-50)68-43-69(57-27-13-12-26-56(57)68)65-52(46-18-8-6-9-19-46)24-17-25-53(65)47-20-10-7-11-21-47/h6-42H,43H2,1-5H3/i6D,7D,8D,9D,10D,11D,18D,19D,20D,21D. The van der Waals surface area contributed by atoms with Crippen LogP contribution in [0, 0.1) is 13.8 Å². The molecule has 3 aliphatic rings. The van der Waals surface area contributed by atoms with Gasteiger partial charge in [-0.2, -0.15) is 0 Å². The molecule has 9 aromatic carbocycles. The molecule has 6 heteroatoms. The molecule has 5 nitrogen and oxygen atoms in total. The van der Waals surface area contributed by atoms with Gasteiger partial charge in [-0.05, 0) is 116 Å². The van der Waals surface area contributed by atoms with E-state index in [9.17, 15) is 0 Å². The summed E-state index contributed by atoms with van der Waals surface area (Å²) in [5.74, 6) is 1.97. The van der Waals surface area contributed by atoms with E-state index in [1.54, 1.807) is 18.2 Å².